The van der Waals surface area contributed by atoms with Crippen LogP contribution in [0.1, 0.15) is 32.1 Å². The first-order valence-corrected chi connectivity index (χ1v) is 8.17. The summed E-state index contributed by atoms with van der Waals surface area (Å²) in [5, 5.41) is 2.89. The van der Waals surface area contributed by atoms with Crippen molar-refractivity contribution in [2.75, 3.05) is 25.0 Å². The van der Waals surface area contributed by atoms with Gasteiger partial charge in [0.25, 0.3) is 0 Å². The molecule has 5 nitrogen and oxygen atoms in total. The van der Waals surface area contributed by atoms with Gasteiger partial charge in [-0.05, 0) is 44.2 Å². The minimum Gasteiger partial charge on any atom is -0.341 e. The second kappa shape index (κ2) is 6.81. The fourth-order valence-electron chi connectivity index (χ4n) is 3.31. The van der Waals surface area contributed by atoms with E-state index in [1.54, 1.807) is 4.90 Å². The van der Waals surface area contributed by atoms with Gasteiger partial charge in [-0.15, -0.1) is 0 Å². The van der Waals surface area contributed by atoms with E-state index in [0.29, 0.717) is 6.54 Å². The molecular formula is C17H23N3O2. The molecule has 3 rings (SSSR count). The highest BCUT2D eigenvalue weighted by molar-refractivity contribution is 5.94. The molecule has 1 atom stereocenters. The van der Waals surface area contributed by atoms with Gasteiger partial charge in [0, 0.05) is 25.3 Å². The lowest BCUT2D eigenvalue weighted by atomic mass is 10.1. The van der Waals surface area contributed by atoms with Crippen molar-refractivity contribution < 1.29 is 9.59 Å². The van der Waals surface area contributed by atoms with E-state index in [1.165, 1.54) is 6.42 Å². The first-order chi connectivity index (χ1) is 10.8. The van der Waals surface area contributed by atoms with Crippen molar-refractivity contribution in [1.29, 1.82) is 0 Å². The Hall–Kier alpha value is -2.04. The second-order valence-corrected chi connectivity index (χ2v) is 6.03. The Morgan fingerprint density at radius 1 is 0.955 bits per heavy atom. The third-order valence-electron chi connectivity index (χ3n) is 4.49. The smallest absolute Gasteiger partial charge is 0.322 e. The molecule has 0 saturated carbocycles. The molecule has 2 heterocycles. The predicted molar refractivity (Wildman–Crippen MR) is 85.6 cm³/mol. The van der Waals surface area contributed by atoms with Gasteiger partial charge in [0.15, 0.2) is 0 Å². The van der Waals surface area contributed by atoms with Crippen molar-refractivity contribution in [3.8, 4) is 0 Å². The van der Waals surface area contributed by atoms with Crippen LogP contribution >= 0.6 is 0 Å². The van der Waals surface area contributed by atoms with Gasteiger partial charge in [0.1, 0.15) is 6.04 Å². The number of carbonyl (C=O) groups is 2. The molecule has 0 aliphatic carbocycles. The SMILES string of the molecule is O=C([C@H]1CCCN1C(=O)Nc1ccccc1)N1CCCCC1. The Balaban J connectivity index is 1.64. The molecular weight excluding hydrogens is 278 g/mol. The van der Waals surface area contributed by atoms with Crippen LogP contribution in [0.15, 0.2) is 30.3 Å². The zero-order valence-electron chi connectivity index (χ0n) is 12.8. The van der Waals surface area contributed by atoms with Crippen LogP contribution in [0, 0.1) is 0 Å². The standard InChI is InChI=1S/C17H23N3O2/c21-16(19-11-5-2-6-12-19)15-10-7-13-20(15)17(22)18-14-8-3-1-4-9-14/h1,3-4,8-9,15H,2,5-7,10-13H2,(H,18,22)/t15-/m1/s1. The third-order valence-corrected chi connectivity index (χ3v) is 4.49. The Labute approximate surface area is 131 Å². The summed E-state index contributed by atoms with van der Waals surface area (Å²) in [7, 11) is 0. The Kier molecular flexibility index (Phi) is 4.61. The molecule has 0 aromatic heterocycles. The highest BCUT2D eigenvalue weighted by Crippen LogP contribution is 2.22. The molecule has 118 valence electrons. The second-order valence-electron chi connectivity index (χ2n) is 6.03. The molecule has 3 amide bonds. The fourth-order valence-corrected chi connectivity index (χ4v) is 3.31. The van der Waals surface area contributed by atoms with Crippen LogP contribution in [-0.2, 0) is 4.79 Å². The Morgan fingerprint density at radius 3 is 2.41 bits per heavy atom. The van der Waals surface area contributed by atoms with Gasteiger partial charge in [-0.25, -0.2) is 4.79 Å². The highest BCUT2D eigenvalue weighted by atomic mass is 16.2. The minimum absolute atomic E-state index is 0.125. The zero-order chi connectivity index (χ0) is 15.4. The number of para-hydroxylation sites is 1. The monoisotopic (exact) mass is 301 g/mol. The lowest BCUT2D eigenvalue weighted by Gasteiger charge is -2.32. The van der Waals surface area contributed by atoms with E-state index in [9.17, 15) is 9.59 Å². The van der Waals surface area contributed by atoms with E-state index in [0.717, 1.165) is 44.5 Å². The summed E-state index contributed by atoms with van der Waals surface area (Å²) in [6, 6.07) is 8.94. The summed E-state index contributed by atoms with van der Waals surface area (Å²) in [5.74, 6) is 0.125. The van der Waals surface area contributed by atoms with Crippen molar-refractivity contribution in [2.45, 2.75) is 38.1 Å². The first-order valence-electron chi connectivity index (χ1n) is 8.17. The van der Waals surface area contributed by atoms with Gasteiger partial charge in [0.05, 0.1) is 0 Å². The van der Waals surface area contributed by atoms with Crippen molar-refractivity contribution >= 4 is 17.6 Å². The zero-order valence-corrected chi connectivity index (χ0v) is 12.8. The Morgan fingerprint density at radius 2 is 1.68 bits per heavy atom. The predicted octanol–water partition coefficient (Wildman–Crippen LogP) is 2.70. The number of carbonyl (C=O) groups excluding carboxylic acids is 2. The van der Waals surface area contributed by atoms with E-state index in [-0.39, 0.29) is 18.0 Å². The molecule has 1 N–H and O–H groups in total. The molecule has 1 aromatic carbocycles. The topological polar surface area (TPSA) is 52.7 Å². The van der Waals surface area contributed by atoms with Crippen LogP contribution in [0.5, 0.6) is 0 Å². The Bertz CT molecular complexity index is 526. The molecule has 5 heteroatoms. The first kappa shape index (κ1) is 14.9. The van der Waals surface area contributed by atoms with Crippen molar-refractivity contribution in [3.05, 3.63) is 30.3 Å². The van der Waals surface area contributed by atoms with Crippen molar-refractivity contribution in [2.24, 2.45) is 0 Å². The van der Waals surface area contributed by atoms with Crippen molar-refractivity contribution in [1.82, 2.24) is 9.80 Å². The number of urea groups is 1. The molecule has 1 aromatic rings. The van der Waals surface area contributed by atoms with Gasteiger partial charge >= 0.3 is 6.03 Å². The van der Waals surface area contributed by atoms with Crippen LogP contribution in [-0.4, -0.2) is 47.4 Å². The summed E-state index contributed by atoms with van der Waals surface area (Å²) < 4.78 is 0. The van der Waals surface area contributed by atoms with Gasteiger partial charge in [-0.3, -0.25) is 4.79 Å². The molecule has 0 radical (unpaired) electrons. The number of rotatable bonds is 2. The average Bonchev–Trinajstić information content (AvgIpc) is 3.05. The van der Waals surface area contributed by atoms with E-state index in [4.69, 9.17) is 0 Å². The van der Waals surface area contributed by atoms with Crippen LogP contribution in [0.25, 0.3) is 0 Å². The number of nitrogens with one attached hydrogen (secondary N) is 1. The number of likely N-dealkylation sites (tertiary alicyclic amines) is 2. The average molecular weight is 301 g/mol. The minimum atomic E-state index is -0.290. The molecule has 2 saturated heterocycles. The fraction of sp³-hybridized carbons (Fsp3) is 0.529. The van der Waals surface area contributed by atoms with E-state index in [2.05, 4.69) is 5.32 Å². The molecule has 2 aliphatic rings. The normalized spacial score (nSPS) is 21.7. The van der Waals surface area contributed by atoms with Crippen LogP contribution in [0.3, 0.4) is 0 Å². The molecule has 22 heavy (non-hydrogen) atoms. The van der Waals surface area contributed by atoms with Crippen LogP contribution in [0.4, 0.5) is 10.5 Å². The van der Waals surface area contributed by atoms with E-state index in [1.807, 2.05) is 35.2 Å². The van der Waals surface area contributed by atoms with Crippen LogP contribution in [0.2, 0.25) is 0 Å². The number of anilines is 1. The molecule has 2 aliphatic heterocycles. The number of piperidine rings is 1. The molecule has 0 bridgehead atoms. The summed E-state index contributed by atoms with van der Waals surface area (Å²) in [5.41, 5.74) is 0.767. The summed E-state index contributed by atoms with van der Waals surface area (Å²) in [6.07, 6.45) is 5.03. The van der Waals surface area contributed by atoms with Gasteiger partial charge in [-0.2, -0.15) is 0 Å². The van der Waals surface area contributed by atoms with Crippen molar-refractivity contribution in [3.63, 3.8) is 0 Å². The molecule has 2 fully saturated rings. The van der Waals surface area contributed by atoms with Crippen LogP contribution < -0.4 is 5.32 Å². The number of hydrogen-bond acceptors (Lipinski definition) is 2. The maximum absolute atomic E-state index is 12.7. The molecule has 0 spiro atoms. The molecule has 0 unspecified atom stereocenters. The summed E-state index contributed by atoms with van der Waals surface area (Å²) in [6.45, 7) is 2.33. The van der Waals surface area contributed by atoms with Gasteiger partial charge in [0.2, 0.25) is 5.91 Å². The quantitative estimate of drug-likeness (QED) is 0.913. The number of nitrogens with zero attached hydrogens (tertiary/aromatic N) is 2. The summed E-state index contributed by atoms with van der Waals surface area (Å²) >= 11 is 0. The lowest BCUT2D eigenvalue weighted by molar-refractivity contribution is -0.136. The number of hydrogen-bond donors (Lipinski definition) is 1. The maximum Gasteiger partial charge on any atom is 0.322 e. The number of amides is 3. The largest absolute Gasteiger partial charge is 0.341 e. The number of benzene rings is 1. The van der Waals surface area contributed by atoms with E-state index >= 15 is 0 Å². The van der Waals surface area contributed by atoms with Gasteiger partial charge < -0.3 is 15.1 Å². The highest BCUT2D eigenvalue weighted by Gasteiger charge is 2.36. The third kappa shape index (κ3) is 3.24. The lowest BCUT2D eigenvalue weighted by Crippen LogP contribution is -2.50. The maximum atomic E-state index is 12.7. The van der Waals surface area contributed by atoms with Gasteiger partial charge in [-0.1, -0.05) is 18.2 Å². The van der Waals surface area contributed by atoms with E-state index < -0.39 is 0 Å². The summed E-state index contributed by atoms with van der Waals surface area (Å²) in [4.78, 5) is 28.8.